The van der Waals surface area contributed by atoms with Crippen LogP contribution >= 0.6 is 11.8 Å². The van der Waals surface area contributed by atoms with Gasteiger partial charge in [-0.1, -0.05) is 12.8 Å². The Morgan fingerprint density at radius 2 is 1.77 bits per heavy atom. The van der Waals surface area contributed by atoms with Crippen LogP contribution in [0.3, 0.4) is 0 Å². The van der Waals surface area contributed by atoms with Crippen LogP contribution in [-0.2, 0) is 14.3 Å². The number of carbonyl (C=O) groups is 3. The van der Waals surface area contributed by atoms with Crippen molar-refractivity contribution in [3.05, 3.63) is 29.8 Å². The van der Waals surface area contributed by atoms with Crippen LogP contribution in [-0.4, -0.2) is 103 Å². The molecule has 1 aliphatic carbocycles. The molecule has 1 saturated carbocycles. The summed E-state index contributed by atoms with van der Waals surface area (Å²) in [6, 6.07) is 6.55. The summed E-state index contributed by atoms with van der Waals surface area (Å²) in [5, 5.41) is 3.16. The molecule has 4 fully saturated rings. The van der Waals surface area contributed by atoms with Gasteiger partial charge in [0.1, 0.15) is 18.7 Å². The smallest absolute Gasteiger partial charge is 0.251 e. The predicted octanol–water partition coefficient (Wildman–Crippen LogP) is 1.64. The summed E-state index contributed by atoms with van der Waals surface area (Å²) < 4.78 is 5.74. The van der Waals surface area contributed by atoms with Gasteiger partial charge in [-0.2, -0.15) is 11.8 Å². The van der Waals surface area contributed by atoms with E-state index in [1.807, 2.05) is 30.5 Å². The SMILES string of the molecule is CS[C@H]1CN(C(=O)[C@@H](NC(=O)c2ccc(N3CCN(C)CC3)cc2)C2CCCC2)[C@@H]2C(=O)CO[C@H]12. The van der Waals surface area contributed by atoms with Gasteiger partial charge in [0.2, 0.25) is 5.91 Å². The molecule has 5 rings (SSSR count). The Hall–Kier alpha value is -2.10. The van der Waals surface area contributed by atoms with Crippen LogP contribution in [0.15, 0.2) is 24.3 Å². The fourth-order valence-corrected chi connectivity index (χ4v) is 6.82. The third kappa shape index (κ3) is 4.95. The monoisotopic (exact) mass is 500 g/mol. The quantitative estimate of drug-likeness (QED) is 0.636. The predicted molar refractivity (Wildman–Crippen MR) is 137 cm³/mol. The van der Waals surface area contributed by atoms with Gasteiger partial charge >= 0.3 is 0 Å². The van der Waals surface area contributed by atoms with Gasteiger partial charge in [0.25, 0.3) is 5.91 Å². The number of carbonyl (C=O) groups excluding carboxylic acids is 3. The highest BCUT2D eigenvalue weighted by Crippen LogP contribution is 2.36. The third-order valence-electron chi connectivity index (χ3n) is 8.15. The molecule has 35 heavy (non-hydrogen) atoms. The average molecular weight is 501 g/mol. The first-order valence-corrected chi connectivity index (χ1v) is 14.1. The van der Waals surface area contributed by atoms with Crippen molar-refractivity contribution in [3.8, 4) is 0 Å². The molecule has 0 unspecified atom stereocenters. The lowest BCUT2D eigenvalue weighted by Gasteiger charge is -2.34. The van der Waals surface area contributed by atoms with Crippen LogP contribution in [0.1, 0.15) is 36.0 Å². The summed E-state index contributed by atoms with van der Waals surface area (Å²) in [4.78, 5) is 46.0. The number of ether oxygens (including phenoxy) is 1. The van der Waals surface area contributed by atoms with Crippen molar-refractivity contribution in [1.29, 1.82) is 0 Å². The molecule has 8 nitrogen and oxygen atoms in total. The first kappa shape index (κ1) is 24.6. The Bertz CT molecular complexity index is 943. The second-order valence-corrected chi connectivity index (χ2v) is 11.4. The first-order valence-electron chi connectivity index (χ1n) is 12.8. The minimum absolute atomic E-state index is 0.0316. The zero-order chi connectivity index (χ0) is 24.5. The maximum atomic E-state index is 13.8. The van der Waals surface area contributed by atoms with Crippen molar-refractivity contribution < 1.29 is 19.1 Å². The molecule has 0 radical (unpaired) electrons. The van der Waals surface area contributed by atoms with E-state index in [4.69, 9.17) is 4.74 Å². The number of benzene rings is 1. The second kappa shape index (κ2) is 10.5. The van der Waals surface area contributed by atoms with Gasteiger partial charge in [-0.3, -0.25) is 14.4 Å². The minimum atomic E-state index is -0.614. The van der Waals surface area contributed by atoms with Gasteiger partial charge in [-0.15, -0.1) is 0 Å². The molecule has 9 heteroatoms. The number of likely N-dealkylation sites (N-methyl/N-ethyl adjacent to an activating group) is 1. The number of piperazine rings is 1. The molecule has 4 aliphatic rings. The number of nitrogens with zero attached hydrogens (tertiary/aromatic N) is 3. The van der Waals surface area contributed by atoms with E-state index < -0.39 is 12.1 Å². The zero-order valence-electron chi connectivity index (χ0n) is 20.7. The number of amides is 2. The Morgan fingerprint density at radius 3 is 2.43 bits per heavy atom. The molecule has 0 bridgehead atoms. The van der Waals surface area contributed by atoms with Crippen LogP contribution in [0.4, 0.5) is 5.69 Å². The summed E-state index contributed by atoms with van der Waals surface area (Å²) in [7, 11) is 2.13. The number of hydrogen-bond acceptors (Lipinski definition) is 7. The highest BCUT2D eigenvalue weighted by molar-refractivity contribution is 7.99. The van der Waals surface area contributed by atoms with Gasteiger partial charge < -0.3 is 24.8 Å². The topological polar surface area (TPSA) is 82.2 Å². The Balaban J connectivity index is 1.30. The Labute approximate surface area is 211 Å². The summed E-state index contributed by atoms with van der Waals surface area (Å²) in [5.41, 5.74) is 1.67. The van der Waals surface area contributed by atoms with Gasteiger partial charge in [0.05, 0.1) is 11.4 Å². The number of rotatable bonds is 6. The number of fused-ring (bicyclic) bond motifs is 1. The van der Waals surface area contributed by atoms with Crippen LogP contribution in [0.5, 0.6) is 0 Å². The van der Waals surface area contributed by atoms with Gasteiger partial charge in [0, 0.05) is 44.0 Å². The lowest BCUT2D eigenvalue weighted by atomic mass is 9.95. The molecular formula is C26H36N4O4S. The lowest BCUT2D eigenvalue weighted by molar-refractivity contribution is -0.139. The summed E-state index contributed by atoms with van der Waals surface area (Å²) >= 11 is 1.63. The van der Waals surface area contributed by atoms with Gasteiger partial charge in [-0.25, -0.2) is 0 Å². The molecule has 1 aromatic rings. The van der Waals surface area contributed by atoms with Crippen molar-refractivity contribution in [2.75, 3.05) is 57.5 Å². The van der Waals surface area contributed by atoms with E-state index in [-0.39, 0.29) is 41.5 Å². The average Bonchev–Trinajstić information content (AvgIpc) is 3.62. The molecule has 4 atom stereocenters. The number of ketones is 1. The van der Waals surface area contributed by atoms with Crippen LogP contribution in [0.2, 0.25) is 0 Å². The number of hydrogen-bond donors (Lipinski definition) is 1. The van der Waals surface area contributed by atoms with E-state index in [1.54, 1.807) is 16.7 Å². The van der Waals surface area contributed by atoms with E-state index >= 15 is 0 Å². The number of likely N-dealkylation sites (tertiary alicyclic amines) is 1. The first-order chi connectivity index (χ1) is 17.0. The van der Waals surface area contributed by atoms with E-state index in [2.05, 4.69) is 22.2 Å². The highest BCUT2D eigenvalue weighted by atomic mass is 32.2. The van der Waals surface area contributed by atoms with Crippen LogP contribution in [0.25, 0.3) is 0 Å². The molecule has 0 spiro atoms. The Kier molecular flexibility index (Phi) is 7.37. The van der Waals surface area contributed by atoms with Crippen molar-refractivity contribution in [3.63, 3.8) is 0 Å². The van der Waals surface area contributed by atoms with E-state index in [9.17, 15) is 14.4 Å². The molecule has 1 N–H and O–H groups in total. The van der Waals surface area contributed by atoms with Crippen molar-refractivity contribution >= 4 is 35.0 Å². The van der Waals surface area contributed by atoms with Crippen molar-refractivity contribution in [2.24, 2.45) is 5.92 Å². The molecule has 2 amide bonds. The third-order valence-corrected chi connectivity index (χ3v) is 9.17. The lowest BCUT2D eigenvalue weighted by Crippen LogP contribution is -2.54. The molecule has 3 heterocycles. The highest BCUT2D eigenvalue weighted by Gasteiger charge is 2.53. The summed E-state index contributed by atoms with van der Waals surface area (Å²) in [6.07, 6.45) is 5.69. The fraction of sp³-hybridized carbons (Fsp3) is 0.654. The number of thioether (sulfide) groups is 1. The number of anilines is 1. The van der Waals surface area contributed by atoms with E-state index in [0.29, 0.717) is 12.1 Å². The largest absolute Gasteiger partial charge is 0.369 e. The number of Topliss-reactive ketones (excluding diaryl/α,β-unsaturated/α-hetero) is 1. The molecular weight excluding hydrogens is 464 g/mol. The Morgan fingerprint density at radius 1 is 1.09 bits per heavy atom. The summed E-state index contributed by atoms with van der Waals surface area (Å²) in [5.74, 6) is -0.299. The van der Waals surface area contributed by atoms with Gasteiger partial charge in [-0.05, 0) is 56.3 Å². The van der Waals surface area contributed by atoms with Crippen LogP contribution in [0, 0.1) is 5.92 Å². The minimum Gasteiger partial charge on any atom is -0.369 e. The van der Waals surface area contributed by atoms with Crippen molar-refractivity contribution in [1.82, 2.24) is 15.1 Å². The fourth-order valence-electron chi connectivity index (χ4n) is 6.01. The number of nitrogens with one attached hydrogen (secondary N) is 1. The van der Waals surface area contributed by atoms with E-state index in [0.717, 1.165) is 57.5 Å². The molecule has 190 valence electrons. The maximum absolute atomic E-state index is 13.8. The normalized spacial score (nSPS) is 28.4. The van der Waals surface area contributed by atoms with Crippen molar-refractivity contribution in [2.45, 2.75) is 49.1 Å². The second-order valence-electron chi connectivity index (χ2n) is 10.3. The summed E-state index contributed by atoms with van der Waals surface area (Å²) in [6.45, 7) is 4.54. The standard InChI is InChI=1S/C26H36N4O4S/c1-28-11-13-29(14-12-28)19-9-7-18(8-10-19)25(32)27-22(17-5-3-4-6-17)26(33)30-15-21(35-2)24-23(30)20(31)16-34-24/h7-10,17,21-24H,3-6,11-16H2,1-2H3,(H,27,32)/t21-,22-,23+,24+/m0/s1. The molecule has 0 aromatic heterocycles. The molecule has 1 aromatic carbocycles. The maximum Gasteiger partial charge on any atom is 0.251 e. The molecule has 3 aliphatic heterocycles. The van der Waals surface area contributed by atoms with E-state index in [1.165, 1.54) is 0 Å². The van der Waals surface area contributed by atoms with Gasteiger partial charge in [0.15, 0.2) is 5.78 Å². The van der Waals surface area contributed by atoms with Crippen LogP contribution < -0.4 is 10.2 Å². The molecule has 3 saturated heterocycles. The zero-order valence-corrected chi connectivity index (χ0v) is 21.5.